The largest absolute Gasteiger partial charge is 0.381 e. The number of carbonyl (C=O) groups is 1. The van der Waals surface area contributed by atoms with Gasteiger partial charge in [0.15, 0.2) is 0 Å². The van der Waals surface area contributed by atoms with Gasteiger partial charge in [0.05, 0.1) is 17.1 Å². The molecule has 174 valence electrons. The van der Waals surface area contributed by atoms with Crippen LogP contribution in [-0.2, 0) is 6.54 Å². The zero-order valence-corrected chi connectivity index (χ0v) is 19.7. The van der Waals surface area contributed by atoms with Gasteiger partial charge in [-0.1, -0.05) is 48.0 Å². The van der Waals surface area contributed by atoms with Gasteiger partial charge < -0.3 is 21.3 Å². The van der Waals surface area contributed by atoms with Gasteiger partial charge in [-0.3, -0.25) is 4.79 Å². The van der Waals surface area contributed by atoms with E-state index in [1.54, 1.807) is 12.1 Å². The number of carbonyl (C=O) groups excluding carboxylic acids is 1. The van der Waals surface area contributed by atoms with Crippen LogP contribution < -0.4 is 16.4 Å². The Morgan fingerprint density at radius 2 is 1.79 bits per heavy atom. The van der Waals surface area contributed by atoms with Crippen molar-refractivity contribution in [2.24, 2.45) is 5.73 Å². The smallest absolute Gasteiger partial charge is 0.250 e. The number of benzene rings is 3. The predicted molar refractivity (Wildman–Crippen MR) is 138 cm³/mol. The lowest BCUT2D eigenvalue weighted by molar-refractivity contribution is 0.100. The molecule has 7 heteroatoms. The van der Waals surface area contributed by atoms with Crippen molar-refractivity contribution in [2.45, 2.75) is 19.5 Å². The molecular weight excluding hydrogens is 424 g/mol. The topological polar surface area (TPSA) is 96.2 Å². The molecule has 1 aromatic heterocycles. The minimum atomic E-state index is -0.507. The number of primary amides is 1. The van der Waals surface area contributed by atoms with Crippen LogP contribution in [0, 0.1) is 6.92 Å². The second-order valence-electron chi connectivity index (χ2n) is 8.71. The third kappa shape index (κ3) is 5.50. The van der Waals surface area contributed by atoms with Gasteiger partial charge >= 0.3 is 0 Å². The first-order valence-electron chi connectivity index (χ1n) is 11.2. The Labute approximate surface area is 200 Å². The zero-order valence-electron chi connectivity index (χ0n) is 19.7. The minimum Gasteiger partial charge on any atom is -0.381 e. The van der Waals surface area contributed by atoms with Gasteiger partial charge in [-0.05, 0) is 56.4 Å². The summed E-state index contributed by atoms with van der Waals surface area (Å²) in [5, 5.41) is 7.85. The van der Waals surface area contributed by atoms with Crippen molar-refractivity contribution in [1.82, 2.24) is 14.9 Å². The fraction of sp³-hybridized carbons (Fsp3) is 0.222. The third-order valence-corrected chi connectivity index (χ3v) is 5.70. The number of anilines is 2. The molecule has 1 heterocycles. The summed E-state index contributed by atoms with van der Waals surface area (Å²) in [5.74, 6) is 0.158. The van der Waals surface area contributed by atoms with Crippen LogP contribution in [0.15, 0.2) is 73.1 Å². The van der Waals surface area contributed by atoms with Crippen molar-refractivity contribution in [2.75, 3.05) is 31.3 Å². The highest BCUT2D eigenvalue weighted by Crippen LogP contribution is 2.27. The maximum Gasteiger partial charge on any atom is 0.250 e. The Bertz CT molecular complexity index is 1290. The number of para-hydroxylation sites is 1. The average molecular weight is 455 g/mol. The van der Waals surface area contributed by atoms with E-state index in [4.69, 9.17) is 5.73 Å². The number of rotatable bonds is 9. The monoisotopic (exact) mass is 454 g/mol. The van der Waals surface area contributed by atoms with Gasteiger partial charge in [-0.25, -0.2) is 9.97 Å². The Kier molecular flexibility index (Phi) is 7.04. The fourth-order valence-corrected chi connectivity index (χ4v) is 3.94. The summed E-state index contributed by atoms with van der Waals surface area (Å²) in [4.78, 5) is 22.8. The average Bonchev–Trinajstić information content (AvgIpc) is 2.83. The molecule has 0 fully saturated rings. The van der Waals surface area contributed by atoms with Crippen molar-refractivity contribution in [3.8, 4) is 0 Å². The number of aromatic nitrogens is 2. The Morgan fingerprint density at radius 3 is 2.53 bits per heavy atom. The number of nitrogens with two attached hydrogens (primary N) is 1. The lowest BCUT2D eigenvalue weighted by atomic mass is 10.0. The molecule has 1 amide bonds. The second kappa shape index (κ2) is 10.3. The molecule has 0 bridgehead atoms. The first kappa shape index (κ1) is 23.2. The number of nitrogens with zero attached hydrogens (tertiary/aromatic N) is 3. The summed E-state index contributed by atoms with van der Waals surface area (Å²) in [7, 11) is 4.08. The molecule has 0 saturated carbocycles. The molecule has 0 aliphatic carbocycles. The lowest BCUT2D eigenvalue weighted by Gasteiger charge is -2.24. The van der Waals surface area contributed by atoms with Crippen molar-refractivity contribution >= 4 is 28.3 Å². The Balaban J connectivity index is 1.60. The number of likely N-dealkylation sites (N-methyl/N-ethyl adjacent to an activating group) is 1. The number of fused-ring (bicyclic) bond motifs is 1. The first-order chi connectivity index (χ1) is 16.4. The zero-order chi connectivity index (χ0) is 24.1. The molecule has 0 spiro atoms. The Morgan fingerprint density at radius 1 is 1.03 bits per heavy atom. The minimum absolute atomic E-state index is 0.0357. The number of hydrogen-bond acceptors (Lipinski definition) is 6. The van der Waals surface area contributed by atoms with Crippen molar-refractivity contribution in [3.05, 3.63) is 95.3 Å². The van der Waals surface area contributed by atoms with E-state index in [-0.39, 0.29) is 6.04 Å². The summed E-state index contributed by atoms with van der Waals surface area (Å²) in [5.41, 5.74) is 11.1. The molecule has 0 radical (unpaired) electrons. The number of nitrogens with one attached hydrogen (secondary N) is 2. The van der Waals surface area contributed by atoms with Gasteiger partial charge in [0.2, 0.25) is 0 Å². The standard InChI is InChI=1S/C27H30N6O/c1-18-10-12-19(13-11-18)15-29-21-7-4-6-20(14-21)24(16-33(2)3)32-27-23-9-5-8-22(26(28)34)25(23)30-17-31-27/h4-14,17,24,29H,15-16H2,1-3H3,(H2,28,34)(H,30,31,32). The van der Waals surface area contributed by atoms with E-state index >= 15 is 0 Å². The van der Waals surface area contributed by atoms with Crippen molar-refractivity contribution in [3.63, 3.8) is 0 Å². The molecule has 1 unspecified atom stereocenters. The van der Waals surface area contributed by atoms with Gasteiger partial charge in [-0.15, -0.1) is 0 Å². The Hall–Kier alpha value is -3.97. The molecule has 0 saturated heterocycles. The van der Waals surface area contributed by atoms with Gasteiger partial charge in [0.25, 0.3) is 5.91 Å². The number of amides is 1. The molecule has 34 heavy (non-hydrogen) atoms. The van der Waals surface area contributed by atoms with Crippen molar-refractivity contribution in [1.29, 1.82) is 0 Å². The van der Waals surface area contributed by atoms with E-state index in [0.717, 1.165) is 29.7 Å². The fourth-order valence-electron chi connectivity index (χ4n) is 3.94. The maximum atomic E-state index is 11.9. The molecule has 3 aromatic carbocycles. The highest BCUT2D eigenvalue weighted by Gasteiger charge is 2.17. The van der Waals surface area contributed by atoms with E-state index in [1.807, 2.05) is 20.2 Å². The lowest BCUT2D eigenvalue weighted by Crippen LogP contribution is -2.26. The first-order valence-corrected chi connectivity index (χ1v) is 11.2. The van der Waals surface area contributed by atoms with E-state index in [1.165, 1.54) is 17.5 Å². The van der Waals surface area contributed by atoms with Crippen LogP contribution in [0.2, 0.25) is 0 Å². The van der Waals surface area contributed by atoms with Gasteiger partial charge in [-0.2, -0.15) is 0 Å². The van der Waals surface area contributed by atoms with Crippen LogP contribution in [0.1, 0.15) is 33.1 Å². The van der Waals surface area contributed by atoms with E-state index in [2.05, 4.69) is 81.0 Å². The number of aryl methyl sites for hydroxylation is 1. The molecule has 4 rings (SSSR count). The van der Waals surface area contributed by atoms with Crippen LogP contribution in [0.25, 0.3) is 10.9 Å². The van der Waals surface area contributed by atoms with E-state index in [0.29, 0.717) is 16.9 Å². The van der Waals surface area contributed by atoms with Crippen LogP contribution in [0.3, 0.4) is 0 Å². The second-order valence-corrected chi connectivity index (χ2v) is 8.71. The van der Waals surface area contributed by atoms with E-state index in [9.17, 15) is 4.79 Å². The van der Waals surface area contributed by atoms with Crippen LogP contribution >= 0.6 is 0 Å². The third-order valence-electron chi connectivity index (χ3n) is 5.70. The highest BCUT2D eigenvalue weighted by atomic mass is 16.1. The molecule has 1 atom stereocenters. The predicted octanol–water partition coefficient (Wildman–Crippen LogP) is 4.36. The SMILES string of the molecule is Cc1ccc(CNc2cccc(C(CN(C)C)Nc3ncnc4c(C(N)=O)cccc34)c2)cc1. The van der Waals surface area contributed by atoms with Crippen LogP contribution in [0.4, 0.5) is 11.5 Å². The summed E-state index contributed by atoms with van der Waals surface area (Å²) in [6.07, 6.45) is 1.46. The molecule has 0 aliphatic heterocycles. The molecule has 4 N–H and O–H groups in total. The molecule has 4 aromatic rings. The maximum absolute atomic E-state index is 11.9. The van der Waals surface area contributed by atoms with Gasteiger partial charge in [0.1, 0.15) is 12.1 Å². The summed E-state index contributed by atoms with van der Waals surface area (Å²) >= 11 is 0. The molecular formula is C27H30N6O. The van der Waals surface area contributed by atoms with Crippen LogP contribution in [-0.4, -0.2) is 41.4 Å². The summed E-state index contributed by atoms with van der Waals surface area (Å²) in [6, 6.07) is 22.3. The van der Waals surface area contributed by atoms with Crippen LogP contribution in [0.5, 0.6) is 0 Å². The number of hydrogen-bond donors (Lipinski definition) is 3. The summed E-state index contributed by atoms with van der Waals surface area (Å²) in [6.45, 7) is 3.60. The molecule has 7 nitrogen and oxygen atoms in total. The summed E-state index contributed by atoms with van der Waals surface area (Å²) < 4.78 is 0. The highest BCUT2D eigenvalue weighted by molar-refractivity contribution is 6.06. The molecule has 0 aliphatic rings. The van der Waals surface area contributed by atoms with E-state index < -0.39 is 5.91 Å². The van der Waals surface area contributed by atoms with Gasteiger partial charge in [0, 0.05) is 24.2 Å². The van der Waals surface area contributed by atoms with Crippen molar-refractivity contribution < 1.29 is 4.79 Å². The normalized spacial score (nSPS) is 12.0. The quantitative estimate of drug-likeness (QED) is 0.348.